The lowest BCUT2D eigenvalue weighted by Crippen LogP contribution is -2.44. The molecule has 0 aliphatic rings. The molecule has 1 rings (SSSR count). The molecule has 0 heterocycles. The highest BCUT2D eigenvalue weighted by molar-refractivity contribution is 5.82. The molecule has 6 heteroatoms. The Kier molecular flexibility index (Phi) is 4.21. The van der Waals surface area contributed by atoms with E-state index in [1.165, 1.54) is 0 Å². The molecular formula is C12H15F3N2O. The minimum atomic E-state index is -4.85. The monoisotopic (exact) mass is 260 g/mol. The molecule has 0 fully saturated rings. The molecule has 1 amide bonds. The van der Waals surface area contributed by atoms with Gasteiger partial charge in [0.1, 0.15) is 0 Å². The predicted molar refractivity (Wildman–Crippen MR) is 62.6 cm³/mol. The summed E-state index contributed by atoms with van der Waals surface area (Å²) in [6.07, 6.45) is -4.85. The van der Waals surface area contributed by atoms with Crippen molar-refractivity contribution in [1.82, 2.24) is 4.90 Å². The summed E-state index contributed by atoms with van der Waals surface area (Å²) in [6.45, 7) is 3.00. The summed E-state index contributed by atoms with van der Waals surface area (Å²) in [5.74, 6) is -1.82. The molecular weight excluding hydrogens is 245 g/mol. The van der Waals surface area contributed by atoms with Crippen LogP contribution < -0.4 is 5.73 Å². The fraction of sp³-hybridized carbons (Fsp3) is 0.417. The van der Waals surface area contributed by atoms with Crippen LogP contribution in [0.3, 0.4) is 0 Å². The second-order valence-electron chi connectivity index (χ2n) is 4.27. The van der Waals surface area contributed by atoms with Crippen LogP contribution in [0.25, 0.3) is 0 Å². The number of amides is 1. The molecule has 0 unspecified atom stereocenters. The highest BCUT2D eigenvalue weighted by Crippen LogP contribution is 2.22. The quantitative estimate of drug-likeness (QED) is 0.849. The van der Waals surface area contributed by atoms with Gasteiger partial charge in [-0.15, -0.1) is 0 Å². The molecule has 18 heavy (non-hydrogen) atoms. The van der Waals surface area contributed by atoms with Crippen LogP contribution in [0.2, 0.25) is 0 Å². The Hall–Kier alpha value is -1.72. The van der Waals surface area contributed by atoms with Crippen LogP contribution in [0.15, 0.2) is 24.3 Å². The molecule has 0 radical (unpaired) electrons. The maximum Gasteiger partial charge on any atom is 0.471 e. The number of nitrogens with two attached hydrogens (primary N) is 1. The van der Waals surface area contributed by atoms with Gasteiger partial charge in [-0.2, -0.15) is 13.2 Å². The molecule has 0 spiro atoms. The van der Waals surface area contributed by atoms with Crippen molar-refractivity contribution in [3.05, 3.63) is 29.8 Å². The number of benzene rings is 1. The number of nitrogen functional groups attached to an aromatic ring is 1. The first-order valence-corrected chi connectivity index (χ1v) is 5.44. The zero-order valence-electron chi connectivity index (χ0n) is 10.2. The summed E-state index contributed by atoms with van der Waals surface area (Å²) in [5, 5.41) is 0. The van der Waals surface area contributed by atoms with E-state index >= 15 is 0 Å². The average Bonchev–Trinajstić information content (AvgIpc) is 2.25. The highest BCUT2D eigenvalue weighted by atomic mass is 19.4. The Morgan fingerprint density at radius 2 is 1.78 bits per heavy atom. The van der Waals surface area contributed by atoms with Gasteiger partial charge in [-0.3, -0.25) is 4.79 Å². The minimum absolute atomic E-state index is 0.0870. The van der Waals surface area contributed by atoms with Crippen molar-refractivity contribution < 1.29 is 18.0 Å². The van der Waals surface area contributed by atoms with Crippen LogP contribution in [-0.4, -0.2) is 23.0 Å². The van der Waals surface area contributed by atoms with Crippen LogP contribution in [0, 0.1) is 0 Å². The first-order chi connectivity index (χ1) is 8.21. The van der Waals surface area contributed by atoms with Crippen molar-refractivity contribution in [2.75, 3.05) is 5.73 Å². The molecule has 1 aromatic carbocycles. The van der Waals surface area contributed by atoms with Crippen LogP contribution in [0.5, 0.6) is 0 Å². The first kappa shape index (κ1) is 14.3. The average molecular weight is 260 g/mol. The van der Waals surface area contributed by atoms with Crippen LogP contribution in [0.4, 0.5) is 18.9 Å². The van der Waals surface area contributed by atoms with E-state index in [1.54, 1.807) is 38.1 Å². The van der Waals surface area contributed by atoms with Crippen molar-refractivity contribution in [2.24, 2.45) is 0 Å². The van der Waals surface area contributed by atoms with E-state index in [0.717, 1.165) is 4.90 Å². The summed E-state index contributed by atoms with van der Waals surface area (Å²) < 4.78 is 37.2. The Bertz CT molecular complexity index is 412. The van der Waals surface area contributed by atoms with Gasteiger partial charge in [0.25, 0.3) is 0 Å². The fourth-order valence-corrected chi connectivity index (χ4v) is 1.47. The van der Waals surface area contributed by atoms with Gasteiger partial charge < -0.3 is 10.6 Å². The van der Waals surface area contributed by atoms with Crippen molar-refractivity contribution in [2.45, 2.75) is 32.6 Å². The fourth-order valence-electron chi connectivity index (χ4n) is 1.47. The lowest BCUT2D eigenvalue weighted by molar-refractivity contribution is -0.188. The number of rotatable bonds is 3. The summed E-state index contributed by atoms with van der Waals surface area (Å²) >= 11 is 0. The van der Waals surface area contributed by atoms with E-state index < -0.39 is 18.1 Å². The number of hydrogen-bond donors (Lipinski definition) is 1. The number of carbonyl (C=O) groups is 1. The molecule has 0 aromatic heterocycles. The lowest BCUT2D eigenvalue weighted by Gasteiger charge is -2.27. The van der Waals surface area contributed by atoms with Crippen molar-refractivity contribution in [1.29, 1.82) is 0 Å². The molecule has 0 atom stereocenters. The smallest absolute Gasteiger partial charge is 0.399 e. The maximum absolute atomic E-state index is 12.4. The van der Waals surface area contributed by atoms with E-state index in [-0.39, 0.29) is 6.54 Å². The Labute approximate surface area is 103 Å². The number of carbonyl (C=O) groups excluding carboxylic acids is 1. The maximum atomic E-state index is 12.4. The molecule has 0 aliphatic heterocycles. The van der Waals surface area contributed by atoms with Gasteiger partial charge in [-0.25, -0.2) is 0 Å². The molecule has 3 nitrogen and oxygen atoms in total. The Morgan fingerprint density at radius 1 is 1.28 bits per heavy atom. The minimum Gasteiger partial charge on any atom is -0.399 e. The first-order valence-electron chi connectivity index (χ1n) is 5.44. The van der Waals surface area contributed by atoms with Gasteiger partial charge in [0.05, 0.1) is 0 Å². The molecule has 1 aromatic rings. The Morgan fingerprint density at radius 3 is 2.17 bits per heavy atom. The highest BCUT2D eigenvalue weighted by Gasteiger charge is 2.43. The summed E-state index contributed by atoms with van der Waals surface area (Å²) in [7, 11) is 0. The van der Waals surface area contributed by atoms with Gasteiger partial charge in [0, 0.05) is 18.3 Å². The van der Waals surface area contributed by atoms with Gasteiger partial charge in [0.15, 0.2) is 0 Å². The molecule has 0 saturated heterocycles. The molecule has 0 bridgehead atoms. The number of alkyl halides is 3. The summed E-state index contributed by atoms with van der Waals surface area (Å²) in [4.78, 5) is 12.0. The number of nitrogens with zero attached hydrogens (tertiary/aromatic N) is 1. The SMILES string of the molecule is CC(C)N(Cc1ccc(N)cc1)C(=O)C(F)(F)F. The zero-order chi connectivity index (χ0) is 13.9. The van der Waals surface area contributed by atoms with Gasteiger partial charge >= 0.3 is 12.1 Å². The third kappa shape index (κ3) is 3.65. The number of hydrogen-bond acceptors (Lipinski definition) is 2. The van der Waals surface area contributed by atoms with Crippen LogP contribution >= 0.6 is 0 Å². The van der Waals surface area contributed by atoms with Crippen molar-refractivity contribution >= 4 is 11.6 Å². The molecule has 100 valence electrons. The van der Waals surface area contributed by atoms with E-state index in [1.807, 2.05) is 0 Å². The second kappa shape index (κ2) is 5.29. The lowest BCUT2D eigenvalue weighted by atomic mass is 10.1. The van der Waals surface area contributed by atoms with Crippen LogP contribution in [-0.2, 0) is 11.3 Å². The zero-order valence-corrected chi connectivity index (χ0v) is 10.2. The van der Waals surface area contributed by atoms with Gasteiger partial charge in [0.2, 0.25) is 0 Å². The second-order valence-corrected chi connectivity index (χ2v) is 4.27. The van der Waals surface area contributed by atoms with Crippen molar-refractivity contribution in [3.8, 4) is 0 Å². The van der Waals surface area contributed by atoms with Gasteiger partial charge in [-0.05, 0) is 31.5 Å². The summed E-state index contributed by atoms with van der Waals surface area (Å²) in [6, 6.07) is 5.86. The van der Waals surface area contributed by atoms with E-state index in [4.69, 9.17) is 5.73 Å². The van der Waals surface area contributed by atoms with Crippen LogP contribution in [0.1, 0.15) is 19.4 Å². The molecule has 0 saturated carbocycles. The molecule has 0 aliphatic carbocycles. The predicted octanol–water partition coefficient (Wildman–Crippen LogP) is 2.57. The summed E-state index contributed by atoms with van der Waals surface area (Å²) in [5.41, 5.74) is 6.62. The topological polar surface area (TPSA) is 46.3 Å². The standard InChI is InChI=1S/C12H15F3N2O/c1-8(2)17(11(18)12(13,14)15)7-9-3-5-10(16)6-4-9/h3-6,8H,7,16H2,1-2H3. The van der Waals surface area contributed by atoms with E-state index in [9.17, 15) is 18.0 Å². The normalized spacial score (nSPS) is 11.7. The largest absolute Gasteiger partial charge is 0.471 e. The van der Waals surface area contributed by atoms with E-state index in [2.05, 4.69) is 0 Å². The van der Waals surface area contributed by atoms with Gasteiger partial charge in [-0.1, -0.05) is 12.1 Å². The Balaban J connectivity index is 2.88. The number of anilines is 1. The third-order valence-corrected chi connectivity index (χ3v) is 2.46. The molecule has 2 N–H and O–H groups in total. The number of halogens is 3. The van der Waals surface area contributed by atoms with Crippen molar-refractivity contribution in [3.63, 3.8) is 0 Å². The van der Waals surface area contributed by atoms with E-state index in [0.29, 0.717) is 11.3 Å². The third-order valence-electron chi connectivity index (χ3n) is 2.46.